The summed E-state index contributed by atoms with van der Waals surface area (Å²) in [7, 11) is 0. The van der Waals surface area contributed by atoms with Crippen LogP contribution in [0.1, 0.15) is 30.0 Å². The molecule has 110 valence electrons. The quantitative estimate of drug-likeness (QED) is 0.935. The van der Waals surface area contributed by atoms with Gasteiger partial charge in [-0.15, -0.1) is 0 Å². The molecule has 0 radical (unpaired) electrons. The summed E-state index contributed by atoms with van der Waals surface area (Å²) in [5, 5.41) is 0. The first-order chi connectivity index (χ1) is 10.2. The molecule has 2 aromatic carbocycles. The summed E-state index contributed by atoms with van der Waals surface area (Å²) in [6, 6.07) is 16.8. The monoisotopic (exact) mass is 285 g/mol. The third kappa shape index (κ3) is 2.71. The van der Waals surface area contributed by atoms with Crippen LogP contribution in [0.2, 0.25) is 0 Å². The molecule has 2 nitrogen and oxygen atoms in total. The molecule has 2 N–H and O–H groups in total. The zero-order valence-corrected chi connectivity index (χ0v) is 12.0. The van der Waals surface area contributed by atoms with E-state index >= 15 is 0 Å². The molecule has 1 saturated heterocycles. The Labute approximate surface area is 124 Å². The van der Waals surface area contributed by atoms with Crippen LogP contribution in [0.15, 0.2) is 54.6 Å². The zero-order chi connectivity index (χ0) is 14.7. The molecule has 0 spiro atoms. The smallest absolute Gasteiger partial charge is 0.123 e. The van der Waals surface area contributed by atoms with Gasteiger partial charge in [0.05, 0.1) is 0 Å². The van der Waals surface area contributed by atoms with Gasteiger partial charge in [0.25, 0.3) is 0 Å². The van der Waals surface area contributed by atoms with E-state index in [-0.39, 0.29) is 17.3 Å². The van der Waals surface area contributed by atoms with Crippen molar-refractivity contribution in [3.63, 3.8) is 0 Å². The van der Waals surface area contributed by atoms with Gasteiger partial charge in [-0.2, -0.15) is 0 Å². The SMILES string of the molecule is NC(c1ccc(F)cc1)C1(c2ccccc2)CCOCC1. The summed E-state index contributed by atoms with van der Waals surface area (Å²) in [6.07, 6.45) is 1.77. The van der Waals surface area contributed by atoms with Crippen molar-refractivity contribution < 1.29 is 9.13 Å². The third-order valence-electron chi connectivity index (χ3n) is 4.56. The lowest BCUT2D eigenvalue weighted by Crippen LogP contribution is -2.43. The fourth-order valence-corrected chi connectivity index (χ4v) is 3.27. The second kappa shape index (κ2) is 5.96. The zero-order valence-electron chi connectivity index (χ0n) is 12.0. The van der Waals surface area contributed by atoms with Crippen LogP contribution in [-0.4, -0.2) is 13.2 Å². The van der Waals surface area contributed by atoms with Crippen LogP contribution in [0.5, 0.6) is 0 Å². The minimum absolute atomic E-state index is 0.142. The lowest BCUT2D eigenvalue weighted by molar-refractivity contribution is 0.0397. The molecule has 2 aromatic rings. The Hall–Kier alpha value is -1.71. The highest BCUT2D eigenvalue weighted by Gasteiger charge is 2.40. The molecule has 3 heteroatoms. The van der Waals surface area contributed by atoms with E-state index in [4.69, 9.17) is 10.5 Å². The van der Waals surface area contributed by atoms with E-state index in [1.165, 1.54) is 17.7 Å². The summed E-state index contributed by atoms with van der Waals surface area (Å²) in [6.45, 7) is 1.42. The number of nitrogens with two attached hydrogens (primary N) is 1. The Morgan fingerprint density at radius 3 is 2.19 bits per heavy atom. The first-order valence-corrected chi connectivity index (χ1v) is 7.37. The molecule has 0 bridgehead atoms. The number of ether oxygens (including phenoxy) is 1. The van der Waals surface area contributed by atoms with Crippen LogP contribution < -0.4 is 5.73 Å². The molecule has 0 saturated carbocycles. The van der Waals surface area contributed by atoms with Crippen molar-refractivity contribution in [2.24, 2.45) is 5.73 Å². The van der Waals surface area contributed by atoms with Crippen molar-refractivity contribution in [3.8, 4) is 0 Å². The lowest BCUT2D eigenvalue weighted by atomic mass is 9.67. The van der Waals surface area contributed by atoms with Crippen LogP contribution in [0.3, 0.4) is 0 Å². The molecule has 1 heterocycles. The Kier molecular flexibility index (Phi) is 4.04. The maximum atomic E-state index is 13.1. The van der Waals surface area contributed by atoms with E-state index in [0.717, 1.165) is 18.4 Å². The topological polar surface area (TPSA) is 35.2 Å². The highest BCUT2D eigenvalue weighted by Crippen LogP contribution is 2.43. The van der Waals surface area contributed by atoms with E-state index in [9.17, 15) is 4.39 Å². The fraction of sp³-hybridized carbons (Fsp3) is 0.333. The van der Waals surface area contributed by atoms with Crippen molar-refractivity contribution in [1.29, 1.82) is 0 Å². The molecule has 0 aromatic heterocycles. The molecular formula is C18H20FNO. The van der Waals surface area contributed by atoms with E-state index in [1.807, 2.05) is 18.2 Å². The van der Waals surface area contributed by atoms with Gasteiger partial charge in [-0.1, -0.05) is 42.5 Å². The average Bonchev–Trinajstić information content (AvgIpc) is 2.56. The molecule has 1 aliphatic rings. The van der Waals surface area contributed by atoms with Gasteiger partial charge < -0.3 is 10.5 Å². The Bertz CT molecular complexity index is 576. The molecule has 1 unspecified atom stereocenters. The van der Waals surface area contributed by atoms with Gasteiger partial charge in [-0.05, 0) is 36.1 Å². The predicted octanol–water partition coefficient (Wildman–Crippen LogP) is 3.57. The van der Waals surface area contributed by atoms with Crippen LogP contribution >= 0.6 is 0 Å². The van der Waals surface area contributed by atoms with E-state index in [1.54, 1.807) is 12.1 Å². The van der Waals surface area contributed by atoms with Gasteiger partial charge in [0.15, 0.2) is 0 Å². The number of halogens is 1. The number of hydrogen-bond acceptors (Lipinski definition) is 2. The normalized spacial score (nSPS) is 19.1. The second-order valence-corrected chi connectivity index (χ2v) is 5.66. The molecule has 0 aliphatic carbocycles. The number of benzene rings is 2. The fourth-order valence-electron chi connectivity index (χ4n) is 3.27. The molecule has 1 aliphatic heterocycles. The molecule has 3 rings (SSSR count). The maximum absolute atomic E-state index is 13.1. The Balaban J connectivity index is 2.01. The predicted molar refractivity (Wildman–Crippen MR) is 81.5 cm³/mol. The van der Waals surface area contributed by atoms with Crippen LogP contribution in [0, 0.1) is 5.82 Å². The van der Waals surface area contributed by atoms with Gasteiger partial charge in [-0.25, -0.2) is 4.39 Å². The summed E-state index contributed by atoms with van der Waals surface area (Å²) >= 11 is 0. The highest BCUT2D eigenvalue weighted by molar-refractivity contribution is 5.33. The van der Waals surface area contributed by atoms with Gasteiger partial charge in [-0.3, -0.25) is 0 Å². The molecule has 1 fully saturated rings. The highest BCUT2D eigenvalue weighted by atomic mass is 19.1. The lowest BCUT2D eigenvalue weighted by Gasteiger charge is -2.42. The average molecular weight is 285 g/mol. The summed E-state index contributed by atoms with van der Waals surface area (Å²) in [4.78, 5) is 0. The summed E-state index contributed by atoms with van der Waals surface area (Å²) in [5.41, 5.74) is 8.68. The van der Waals surface area contributed by atoms with Crippen molar-refractivity contribution in [1.82, 2.24) is 0 Å². The van der Waals surface area contributed by atoms with Crippen LogP contribution in [0.25, 0.3) is 0 Å². The molecule has 0 amide bonds. The van der Waals surface area contributed by atoms with Gasteiger partial charge in [0.1, 0.15) is 5.82 Å². The summed E-state index contributed by atoms with van der Waals surface area (Å²) in [5.74, 6) is -0.230. The van der Waals surface area contributed by atoms with Crippen molar-refractivity contribution in [3.05, 3.63) is 71.5 Å². The van der Waals surface area contributed by atoms with Crippen molar-refractivity contribution in [2.45, 2.75) is 24.3 Å². The minimum atomic E-state index is -0.230. The van der Waals surface area contributed by atoms with Crippen LogP contribution in [-0.2, 0) is 10.2 Å². The Morgan fingerprint density at radius 1 is 0.952 bits per heavy atom. The number of rotatable bonds is 3. The van der Waals surface area contributed by atoms with Gasteiger partial charge in [0, 0.05) is 24.7 Å². The molecule has 1 atom stereocenters. The third-order valence-corrected chi connectivity index (χ3v) is 4.56. The molecule has 21 heavy (non-hydrogen) atoms. The van der Waals surface area contributed by atoms with Crippen molar-refractivity contribution >= 4 is 0 Å². The first-order valence-electron chi connectivity index (χ1n) is 7.37. The maximum Gasteiger partial charge on any atom is 0.123 e. The molecular weight excluding hydrogens is 265 g/mol. The van der Waals surface area contributed by atoms with Gasteiger partial charge in [0.2, 0.25) is 0 Å². The second-order valence-electron chi connectivity index (χ2n) is 5.66. The standard InChI is InChI=1S/C18H20FNO/c19-16-8-6-14(7-9-16)17(20)18(10-12-21-13-11-18)15-4-2-1-3-5-15/h1-9,17H,10-13,20H2. The minimum Gasteiger partial charge on any atom is -0.381 e. The largest absolute Gasteiger partial charge is 0.381 e. The number of hydrogen-bond donors (Lipinski definition) is 1. The van der Waals surface area contributed by atoms with Crippen LogP contribution in [0.4, 0.5) is 4.39 Å². The Morgan fingerprint density at radius 2 is 1.57 bits per heavy atom. The van der Waals surface area contributed by atoms with Gasteiger partial charge >= 0.3 is 0 Å². The van der Waals surface area contributed by atoms with E-state index < -0.39 is 0 Å². The van der Waals surface area contributed by atoms with E-state index in [0.29, 0.717) is 13.2 Å². The first kappa shape index (κ1) is 14.2. The van der Waals surface area contributed by atoms with E-state index in [2.05, 4.69) is 12.1 Å². The van der Waals surface area contributed by atoms with Crippen molar-refractivity contribution in [2.75, 3.05) is 13.2 Å². The summed E-state index contributed by atoms with van der Waals surface area (Å²) < 4.78 is 18.7.